The van der Waals surface area contributed by atoms with Crippen LogP contribution in [0.1, 0.15) is 0 Å². The van der Waals surface area contributed by atoms with E-state index in [1.165, 1.54) is 0 Å². The summed E-state index contributed by atoms with van der Waals surface area (Å²) in [7, 11) is 0. The zero-order chi connectivity index (χ0) is 14.5. The van der Waals surface area contributed by atoms with E-state index < -0.39 is 11.6 Å². The van der Waals surface area contributed by atoms with Crippen LogP contribution in [0.4, 0.5) is 0 Å². The predicted molar refractivity (Wildman–Crippen MR) is 72.5 cm³/mol. The number of nitrogens with one attached hydrogen (secondary N) is 1. The summed E-state index contributed by atoms with van der Waals surface area (Å²) >= 11 is 5.98. The number of hydrogen-bond acceptors (Lipinski definition) is 4. The number of carbonyl (C=O) groups is 1. The first-order valence-electron chi connectivity index (χ1n) is 5.61. The lowest BCUT2D eigenvalue weighted by Gasteiger charge is -2.01. The van der Waals surface area contributed by atoms with Crippen LogP contribution >= 0.6 is 11.6 Å². The van der Waals surface area contributed by atoms with Gasteiger partial charge >= 0.3 is 5.69 Å². The molecule has 0 spiro atoms. The summed E-state index contributed by atoms with van der Waals surface area (Å²) < 4.78 is 1.95. The minimum Gasteiger partial charge on any atom is -0.344 e. The van der Waals surface area contributed by atoms with Gasteiger partial charge in [0.2, 0.25) is 5.91 Å². The van der Waals surface area contributed by atoms with Gasteiger partial charge in [0.25, 0.3) is 0 Å². The average Bonchev–Trinajstić information content (AvgIpc) is 2.79. The number of para-hydroxylation sites is 1. The quantitative estimate of drug-likeness (QED) is 0.793. The highest BCUT2D eigenvalue weighted by molar-refractivity contribution is 6.32. The minimum atomic E-state index is -0.561. The molecule has 2 rings (SSSR count). The molecule has 1 aromatic heterocycles. The van der Waals surface area contributed by atoms with Crippen molar-refractivity contribution in [2.45, 2.75) is 6.54 Å². The SMILES string of the molecule is C#CCNC(=O)Cn1nnn(-c2ccccc2Cl)c1=O. The van der Waals surface area contributed by atoms with Crippen molar-refractivity contribution in [2.75, 3.05) is 6.54 Å². The summed E-state index contributed by atoms with van der Waals surface area (Å²) in [6.07, 6.45) is 5.02. The van der Waals surface area contributed by atoms with Gasteiger partial charge in [-0.05, 0) is 22.6 Å². The average molecular weight is 292 g/mol. The number of rotatable bonds is 4. The fourth-order valence-corrected chi connectivity index (χ4v) is 1.71. The van der Waals surface area contributed by atoms with Crippen molar-refractivity contribution < 1.29 is 4.79 Å². The highest BCUT2D eigenvalue weighted by Gasteiger charge is 2.13. The Bertz CT molecular complexity index is 728. The maximum absolute atomic E-state index is 12.1. The van der Waals surface area contributed by atoms with Gasteiger partial charge in [-0.3, -0.25) is 4.79 Å². The molecule has 0 saturated heterocycles. The van der Waals surface area contributed by atoms with Crippen LogP contribution in [-0.2, 0) is 11.3 Å². The van der Waals surface area contributed by atoms with E-state index in [1.54, 1.807) is 24.3 Å². The monoisotopic (exact) mass is 291 g/mol. The van der Waals surface area contributed by atoms with E-state index in [-0.39, 0.29) is 13.1 Å². The van der Waals surface area contributed by atoms with Crippen LogP contribution in [0, 0.1) is 12.3 Å². The van der Waals surface area contributed by atoms with Crippen molar-refractivity contribution in [3.63, 3.8) is 0 Å². The first-order valence-corrected chi connectivity index (χ1v) is 5.99. The number of nitrogens with zero attached hydrogens (tertiary/aromatic N) is 4. The van der Waals surface area contributed by atoms with E-state index in [2.05, 4.69) is 21.7 Å². The normalized spacial score (nSPS) is 10.0. The molecule has 0 bridgehead atoms. The maximum Gasteiger partial charge on any atom is 0.369 e. The summed E-state index contributed by atoms with van der Waals surface area (Å²) in [5.41, 5.74) is -0.164. The molecular weight excluding hydrogens is 282 g/mol. The summed E-state index contributed by atoms with van der Waals surface area (Å²) in [6, 6.07) is 6.70. The molecule has 0 aliphatic rings. The number of hydrogen-bond donors (Lipinski definition) is 1. The zero-order valence-electron chi connectivity index (χ0n) is 10.3. The highest BCUT2D eigenvalue weighted by atomic mass is 35.5. The molecule has 0 fully saturated rings. The number of halogens is 1. The predicted octanol–water partition coefficient (Wildman–Crippen LogP) is -0.168. The topological polar surface area (TPSA) is 81.8 Å². The number of tetrazole rings is 1. The Morgan fingerprint density at radius 2 is 2.15 bits per heavy atom. The third-order valence-electron chi connectivity index (χ3n) is 2.40. The van der Waals surface area contributed by atoms with Crippen molar-refractivity contribution in [1.82, 2.24) is 25.1 Å². The molecule has 0 radical (unpaired) electrons. The van der Waals surface area contributed by atoms with Crippen LogP contribution in [0.15, 0.2) is 29.1 Å². The molecule has 1 N–H and O–H groups in total. The van der Waals surface area contributed by atoms with Gasteiger partial charge in [0, 0.05) is 0 Å². The smallest absolute Gasteiger partial charge is 0.344 e. The summed E-state index contributed by atoms with van der Waals surface area (Å²) in [5, 5.41) is 10.1. The molecule has 1 aromatic carbocycles. The Kier molecular flexibility index (Phi) is 4.17. The van der Waals surface area contributed by atoms with Gasteiger partial charge < -0.3 is 5.32 Å². The Balaban J connectivity index is 2.25. The Morgan fingerprint density at radius 1 is 1.40 bits per heavy atom. The molecule has 1 amide bonds. The van der Waals surface area contributed by atoms with Gasteiger partial charge in [-0.25, -0.2) is 4.79 Å². The van der Waals surface area contributed by atoms with Gasteiger partial charge in [-0.1, -0.05) is 29.7 Å². The molecule has 0 aliphatic carbocycles. The van der Waals surface area contributed by atoms with Gasteiger partial charge in [-0.2, -0.15) is 9.36 Å². The second-order valence-electron chi connectivity index (χ2n) is 3.76. The van der Waals surface area contributed by atoms with Crippen LogP contribution in [0.5, 0.6) is 0 Å². The fourth-order valence-electron chi connectivity index (χ4n) is 1.49. The molecule has 20 heavy (non-hydrogen) atoms. The number of terminal acetylenes is 1. The van der Waals surface area contributed by atoms with Crippen molar-refractivity contribution in [1.29, 1.82) is 0 Å². The van der Waals surface area contributed by atoms with Crippen molar-refractivity contribution >= 4 is 17.5 Å². The van der Waals surface area contributed by atoms with Gasteiger partial charge in [0.1, 0.15) is 6.54 Å². The standard InChI is InChI=1S/C12H10ClN5O2/c1-2-7-14-11(19)8-17-12(20)18(16-15-17)10-6-4-3-5-9(10)13/h1,3-6H,7-8H2,(H,14,19). The molecule has 0 unspecified atom stereocenters. The van der Waals surface area contributed by atoms with Gasteiger partial charge in [0.05, 0.1) is 17.3 Å². The van der Waals surface area contributed by atoms with Crippen molar-refractivity contribution in [3.8, 4) is 18.0 Å². The van der Waals surface area contributed by atoms with E-state index in [1.807, 2.05) is 0 Å². The Labute approximate surface area is 119 Å². The van der Waals surface area contributed by atoms with Crippen LogP contribution in [0.3, 0.4) is 0 Å². The third-order valence-corrected chi connectivity index (χ3v) is 2.72. The van der Waals surface area contributed by atoms with E-state index >= 15 is 0 Å². The van der Waals surface area contributed by atoms with Gasteiger partial charge in [-0.15, -0.1) is 6.42 Å². The Morgan fingerprint density at radius 3 is 2.85 bits per heavy atom. The molecule has 0 aliphatic heterocycles. The Hall–Kier alpha value is -2.59. The van der Waals surface area contributed by atoms with Gasteiger partial charge in [0.15, 0.2) is 0 Å². The third kappa shape index (κ3) is 2.87. The van der Waals surface area contributed by atoms with Crippen molar-refractivity contribution in [2.24, 2.45) is 0 Å². The van der Waals surface area contributed by atoms with E-state index in [4.69, 9.17) is 18.0 Å². The van der Waals surface area contributed by atoms with Crippen molar-refractivity contribution in [3.05, 3.63) is 39.8 Å². The summed E-state index contributed by atoms with van der Waals surface area (Å²) in [6.45, 7) is -0.169. The maximum atomic E-state index is 12.1. The van der Waals surface area contributed by atoms with Crippen LogP contribution in [-0.4, -0.2) is 32.2 Å². The number of aromatic nitrogens is 4. The lowest BCUT2D eigenvalue weighted by molar-refractivity contribution is -0.121. The number of benzene rings is 1. The second kappa shape index (κ2) is 6.04. The first kappa shape index (κ1) is 13.8. The summed E-state index contributed by atoms with van der Waals surface area (Å²) in [4.78, 5) is 23.5. The highest BCUT2D eigenvalue weighted by Crippen LogP contribution is 2.16. The minimum absolute atomic E-state index is 0.0895. The zero-order valence-corrected chi connectivity index (χ0v) is 11.0. The largest absolute Gasteiger partial charge is 0.369 e. The molecule has 102 valence electrons. The van der Waals surface area contributed by atoms with Crippen LogP contribution in [0.25, 0.3) is 5.69 Å². The molecule has 7 nitrogen and oxygen atoms in total. The molecular formula is C12H10ClN5O2. The fraction of sp³-hybridized carbons (Fsp3) is 0.167. The molecule has 2 aromatic rings. The molecule has 8 heteroatoms. The number of carbonyl (C=O) groups excluding carboxylic acids is 1. The number of amides is 1. The lowest BCUT2D eigenvalue weighted by Crippen LogP contribution is -2.33. The van der Waals surface area contributed by atoms with Crippen LogP contribution < -0.4 is 11.0 Å². The van der Waals surface area contributed by atoms with E-state index in [0.29, 0.717) is 10.7 Å². The second-order valence-corrected chi connectivity index (χ2v) is 4.17. The van der Waals surface area contributed by atoms with E-state index in [0.717, 1.165) is 9.36 Å². The summed E-state index contributed by atoms with van der Waals surface area (Å²) in [5.74, 6) is 1.84. The molecule has 0 saturated carbocycles. The van der Waals surface area contributed by atoms with E-state index in [9.17, 15) is 9.59 Å². The lowest BCUT2D eigenvalue weighted by atomic mass is 10.3. The van der Waals surface area contributed by atoms with Crippen LogP contribution in [0.2, 0.25) is 5.02 Å². The molecule has 1 heterocycles. The first-order chi connectivity index (χ1) is 9.63. The molecule has 0 atom stereocenters.